The van der Waals surface area contributed by atoms with Gasteiger partial charge in [0.15, 0.2) is 17.4 Å². The maximum Gasteiger partial charge on any atom is 0.257 e. The molecule has 0 aliphatic carbocycles. The maximum atomic E-state index is 13.5. The first kappa shape index (κ1) is 27.6. The van der Waals surface area contributed by atoms with Gasteiger partial charge in [0, 0.05) is 51.3 Å². The molecular formula is C31H27F2N5O3. The van der Waals surface area contributed by atoms with Crippen molar-refractivity contribution in [2.45, 2.75) is 12.8 Å². The Kier molecular flexibility index (Phi) is 7.84. The molecule has 41 heavy (non-hydrogen) atoms. The average molecular weight is 556 g/mol. The van der Waals surface area contributed by atoms with Gasteiger partial charge in [0.2, 0.25) is 0 Å². The van der Waals surface area contributed by atoms with Crippen molar-refractivity contribution in [3.63, 3.8) is 0 Å². The van der Waals surface area contributed by atoms with Crippen molar-refractivity contribution in [1.82, 2.24) is 14.9 Å². The summed E-state index contributed by atoms with van der Waals surface area (Å²) in [7, 11) is 3.92. The van der Waals surface area contributed by atoms with E-state index in [4.69, 9.17) is 0 Å². The number of fused-ring (bicyclic) bond motifs is 3. The number of carbonyl (C=O) groups excluding carboxylic acids is 2. The van der Waals surface area contributed by atoms with Gasteiger partial charge in [0.05, 0.1) is 5.69 Å². The minimum absolute atomic E-state index is 0.00147. The number of amides is 1. The number of H-pyrrole nitrogens is 1. The summed E-state index contributed by atoms with van der Waals surface area (Å²) >= 11 is 0. The summed E-state index contributed by atoms with van der Waals surface area (Å²) in [4.78, 5) is 47.3. The van der Waals surface area contributed by atoms with Gasteiger partial charge in [-0.1, -0.05) is 6.07 Å². The number of benzene rings is 3. The number of nitrogens with zero attached hydrogens (tertiary/aromatic N) is 2. The van der Waals surface area contributed by atoms with Gasteiger partial charge >= 0.3 is 0 Å². The fourth-order valence-electron chi connectivity index (χ4n) is 4.56. The molecule has 0 unspecified atom stereocenters. The minimum atomic E-state index is -1.10. The molecule has 2 aromatic heterocycles. The van der Waals surface area contributed by atoms with Crippen molar-refractivity contribution < 1.29 is 18.4 Å². The standard InChI is InChI=1S/C31H27F2N5O3/c1-38(2)15-3-4-27(39)18-5-11-22-23(16-18)28-26(13-14-34-29(28)37-31(22)41)35-20-7-9-21(10-8-20)36-30(40)19-6-12-24(32)25(33)17-19/h5-14,16-17H,3-4,15H2,1-2H3,(H,36,40)(H2,34,35,37,41). The van der Waals surface area contributed by atoms with E-state index in [0.717, 1.165) is 25.1 Å². The van der Waals surface area contributed by atoms with Crippen molar-refractivity contribution >= 4 is 50.6 Å². The van der Waals surface area contributed by atoms with Crippen molar-refractivity contribution in [2.24, 2.45) is 0 Å². The Hall–Kier alpha value is -4.96. The van der Waals surface area contributed by atoms with Gasteiger partial charge in [-0.15, -0.1) is 0 Å². The van der Waals surface area contributed by atoms with Gasteiger partial charge in [-0.25, -0.2) is 13.8 Å². The zero-order chi connectivity index (χ0) is 29.1. The number of Topliss-reactive ketones (excluding diaryl/α,β-unsaturated/α-hetero) is 1. The molecule has 5 rings (SSSR count). The number of aromatic amines is 1. The molecule has 0 aliphatic rings. The van der Waals surface area contributed by atoms with Crippen LogP contribution in [0.2, 0.25) is 0 Å². The van der Waals surface area contributed by atoms with Gasteiger partial charge in [0.1, 0.15) is 5.65 Å². The fourth-order valence-corrected chi connectivity index (χ4v) is 4.56. The molecule has 8 nitrogen and oxygen atoms in total. The lowest BCUT2D eigenvalue weighted by Gasteiger charge is -2.13. The number of pyridine rings is 2. The molecule has 0 saturated carbocycles. The highest BCUT2D eigenvalue weighted by atomic mass is 19.2. The Morgan fingerprint density at radius 2 is 1.61 bits per heavy atom. The van der Waals surface area contributed by atoms with Crippen LogP contribution in [-0.2, 0) is 0 Å². The molecular weight excluding hydrogens is 528 g/mol. The molecule has 5 aromatic rings. The fraction of sp³-hybridized carbons (Fsp3) is 0.161. The van der Waals surface area contributed by atoms with Gasteiger partial charge < -0.3 is 20.5 Å². The van der Waals surface area contributed by atoms with Crippen molar-refractivity contribution in [2.75, 3.05) is 31.3 Å². The smallest absolute Gasteiger partial charge is 0.257 e. The SMILES string of the molecule is CN(C)CCCC(=O)c1ccc2c(=O)[nH]c3nccc(Nc4ccc(NC(=O)c5ccc(F)c(F)c5)cc4)c3c2c1. The monoisotopic (exact) mass is 555 g/mol. The highest BCUT2D eigenvalue weighted by molar-refractivity contribution is 6.13. The summed E-state index contributed by atoms with van der Waals surface area (Å²) in [5.41, 5.74) is 2.39. The number of anilines is 3. The first-order valence-corrected chi connectivity index (χ1v) is 13.0. The van der Waals surface area contributed by atoms with Crippen LogP contribution in [0.3, 0.4) is 0 Å². The van der Waals surface area contributed by atoms with Crippen LogP contribution in [-0.4, -0.2) is 47.2 Å². The summed E-state index contributed by atoms with van der Waals surface area (Å²) in [5, 5.41) is 7.67. The molecule has 0 atom stereocenters. The molecule has 0 radical (unpaired) electrons. The molecule has 0 fully saturated rings. The summed E-state index contributed by atoms with van der Waals surface area (Å²) in [6.07, 6.45) is 2.69. The number of hydrogen-bond acceptors (Lipinski definition) is 6. The molecule has 0 bridgehead atoms. The molecule has 10 heteroatoms. The summed E-state index contributed by atoms with van der Waals surface area (Å²) in [5.74, 6) is -2.70. The zero-order valence-corrected chi connectivity index (χ0v) is 22.4. The minimum Gasteiger partial charge on any atom is -0.355 e. The number of rotatable bonds is 9. The lowest BCUT2D eigenvalue weighted by atomic mass is 10.00. The molecule has 0 spiro atoms. The summed E-state index contributed by atoms with van der Waals surface area (Å²) in [6.45, 7) is 0.799. The summed E-state index contributed by atoms with van der Waals surface area (Å²) < 4.78 is 26.7. The van der Waals surface area contributed by atoms with Crippen molar-refractivity contribution in [3.8, 4) is 0 Å². The summed E-state index contributed by atoms with van der Waals surface area (Å²) in [6, 6.07) is 16.6. The third kappa shape index (κ3) is 6.12. The highest BCUT2D eigenvalue weighted by Crippen LogP contribution is 2.31. The molecule has 2 heterocycles. The Morgan fingerprint density at radius 3 is 2.34 bits per heavy atom. The quantitative estimate of drug-likeness (QED) is 0.155. The molecule has 1 amide bonds. The second-order valence-corrected chi connectivity index (χ2v) is 9.91. The number of ketones is 1. The van der Waals surface area contributed by atoms with Gasteiger partial charge in [0.25, 0.3) is 11.5 Å². The van der Waals surface area contributed by atoms with Crippen molar-refractivity contribution in [3.05, 3.63) is 106 Å². The molecule has 0 saturated heterocycles. The molecule has 3 aromatic carbocycles. The van der Waals surface area contributed by atoms with Crippen LogP contribution in [0.4, 0.5) is 25.8 Å². The Labute approximate surface area is 234 Å². The number of halogens is 2. The van der Waals surface area contributed by atoms with E-state index in [-0.39, 0.29) is 16.9 Å². The third-order valence-electron chi connectivity index (χ3n) is 6.65. The molecule has 3 N–H and O–H groups in total. The third-order valence-corrected chi connectivity index (χ3v) is 6.65. The van der Waals surface area contributed by atoms with Crippen LogP contribution < -0.4 is 16.2 Å². The van der Waals surface area contributed by atoms with E-state index in [1.165, 1.54) is 6.07 Å². The van der Waals surface area contributed by atoms with Crippen LogP contribution in [0, 0.1) is 11.6 Å². The molecule has 208 valence electrons. The second-order valence-electron chi connectivity index (χ2n) is 9.91. The van der Waals surface area contributed by atoms with Crippen LogP contribution in [0.15, 0.2) is 77.7 Å². The van der Waals surface area contributed by atoms with E-state index in [1.54, 1.807) is 54.7 Å². The van der Waals surface area contributed by atoms with E-state index in [9.17, 15) is 23.2 Å². The Morgan fingerprint density at radius 1 is 0.878 bits per heavy atom. The first-order chi connectivity index (χ1) is 19.7. The highest BCUT2D eigenvalue weighted by Gasteiger charge is 2.15. The predicted molar refractivity (Wildman–Crippen MR) is 156 cm³/mol. The number of aromatic nitrogens is 2. The van der Waals surface area contributed by atoms with E-state index in [0.29, 0.717) is 50.9 Å². The van der Waals surface area contributed by atoms with E-state index in [2.05, 4.69) is 20.6 Å². The number of carbonyl (C=O) groups is 2. The van der Waals surface area contributed by atoms with E-state index in [1.807, 2.05) is 19.0 Å². The Balaban J connectivity index is 1.42. The van der Waals surface area contributed by atoms with Crippen LogP contribution in [0.1, 0.15) is 33.6 Å². The largest absolute Gasteiger partial charge is 0.355 e. The van der Waals surface area contributed by atoms with Gasteiger partial charge in [-0.3, -0.25) is 14.4 Å². The number of hydrogen-bond donors (Lipinski definition) is 3. The average Bonchev–Trinajstić information content (AvgIpc) is 2.95. The first-order valence-electron chi connectivity index (χ1n) is 13.0. The topological polar surface area (TPSA) is 107 Å². The van der Waals surface area contributed by atoms with Crippen LogP contribution >= 0.6 is 0 Å². The van der Waals surface area contributed by atoms with Crippen LogP contribution in [0.25, 0.3) is 21.8 Å². The van der Waals surface area contributed by atoms with Gasteiger partial charge in [-0.05, 0) is 87.7 Å². The van der Waals surface area contributed by atoms with Crippen LogP contribution in [0.5, 0.6) is 0 Å². The molecule has 0 aliphatic heterocycles. The number of nitrogens with one attached hydrogen (secondary N) is 3. The normalized spacial score (nSPS) is 11.2. The lowest BCUT2D eigenvalue weighted by molar-refractivity contribution is 0.0976. The zero-order valence-electron chi connectivity index (χ0n) is 22.4. The van der Waals surface area contributed by atoms with E-state index < -0.39 is 17.5 Å². The van der Waals surface area contributed by atoms with Crippen molar-refractivity contribution in [1.29, 1.82) is 0 Å². The Bertz CT molecular complexity index is 1830. The predicted octanol–water partition coefficient (Wildman–Crippen LogP) is 5.87. The lowest BCUT2D eigenvalue weighted by Crippen LogP contribution is -2.14. The maximum absolute atomic E-state index is 13.5. The van der Waals surface area contributed by atoms with Gasteiger partial charge in [-0.2, -0.15) is 0 Å². The second kappa shape index (κ2) is 11.6. The van der Waals surface area contributed by atoms with E-state index >= 15 is 0 Å².